The van der Waals surface area contributed by atoms with E-state index in [0.717, 1.165) is 17.2 Å². The maximum atomic E-state index is 3.48. The highest BCUT2D eigenvalue weighted by molar-refractivity contribution is 9.09. The Balaban J connectivity index is 3.73. The van der Waals surface area contributed by atoms with Gasteiger partial charge < -0.3 is 4.90 Å². The molecular formula is C11H24BrN. The molecule has 0 spiro atoms. The molecule has 0 aliphatic heterocycles. The Hall–Kier alpha value is 0.440. The maximum Gasteiger partial charge on any atom is 0.00434 e. The number of nitrogens with zero attached hydrogens (tertiary/aromatic N) is 1. The molecule has 0 heterocycles. The number of rotatable bonds is 7. The normalized spacial score (nSPS) is 12.0. The first-order valence-electron chi connectivity index (χ1n) is 5.34. The zero-order valence-corrected chi connectivity index (χ0v) is 11.1. The van der Waals surface area contributed by atoms with Gasteiger partial charge in [-0.25, -0.2) is 0 Å². The zero-order chi connectivity index (χ0) is 10.3. The molecule has 0 N–H and O–H groups in total. The molecule has 0 unspecified atom stereocenters. The van der Waals surface area contributed by atoms with E-state index >= 15 is 0 Å². The van der Waals surface area contributed by atoms with Crippen LogP contribution >= 0.6 is 15.9 Å². The van der Waals surface area contributed by atoms with Gasteiger partial charge in [0.2, 0.25) is 0 Å². The summed E-state index contributed by atoms with van der Waals surface area (Å²) in [5, 5.41) is 1.12. The fourth-order valence-corrected chi connectivity index (χ4v) is 1.82. The van der Waals surface area contributed by atoms with Gasteiger partial charge in [0.1, 0.15) is 0 Å². The summed E-state index contributed by atoms with van der Waals surface area (Å²) in [7, 11) is 0. The Morgan fingerprint density at radius 2 is 1.46 bits per heavy atom. The van der Waals surface area contributed by atoms with Crippen LogP contribution < -0.4 is 0 Å². The molecule has 0 bridgehead atoms. The Bertz CT molecular complexity index is 103. The van der Waals surface area contributed by atoms with Crippen LogP contribution in [0, 0.1) is 11.8 Å². The summed E-state index contributed by atoms with van der Waals surface area (Å²) in [6.45, 7) is 12.9. The highest BCUT2D eigenvalue weighted by atomic mass is 79.9. The van der Waals surface area contributed by atoms with Gasteiger partial charge in [0, 0.05) is 18.4 Å². The lowest BCUT2D eigenvalue weighted by Crippen LogP contribution is -2.32. The van der Waals surface area contributed by atoms with E-state index < -0.39 is 0 Å². The quantitative estimate of drug-likeness (QED) is 0.626. The number of alkyl halides is 1. The van der Waals surface area contributed by atoms with Gasteiger partial charge >= 0.3 is 0 Å². The van der Waals surface area contributed by atoms with Crippen LogP contribution in [0.25, 0.3) is 0 Å². The highest BCUT2D eigenvalue weighted by Gasteiger charge is 2.08. The first-order chi connectivity index (χ1) is 6.06. The predicted molar refractivity (Wildman–Crippen MR) is 64.5 cm³/mol. The number of hydrogen-bond acceptors (Lipinski definition) is 1. The predicted octanol–water partition coefficient (Wildman–Crippen LogP) is 3.39. The summed E-state index contributed by atoms with van der Waals surface area (Å²) in [5.41, 5.74) is 0. The summed E-state index contributed by atoms with van der Waals surface area (Å²) >= 11 is 3.48. The van der Waals surface area contributed by atoms with Crippen molar-refractivity contribution in [3.8, 4) is 0 Å². The van der Waals surface area contributed by atoms with Crippen LogP contribution in [0.15, 0.2) is 0 Å². The molecule has 0 fully saturated rings. The third-order valence-corrected chi connectivity index (χ3v) is 2.42. The van der Waals surface area contributed by atoms with Crippen molar-refractivity contribution in [2.24, 2.45) is 11.8 Å². The van der Waals surface area contributed by atoms with E-state index in [9.17, 15) is 0 Å². The largest absolute Gasteiger partial charge is 0.303 e. The third-order valence-electron chi connectivity index (χ3n) is 1.85. The maximum absolute atomic E-state index is 3.48. The first-order valence-corrected chi connectivity index (χ1v) is 6.46. The fraction of sp³-hybridized carbons (Fsp3) is 1.00. The monoisotopic (exact) mass is 249 g/mol. The zero-order valence-electron chi connectivity index (χ0n) is 9.52. The van der Waals surface area contributed by atoms with Crippen LogP contribution in [-0.4, -0.2) is 29.9 Å². The average Bonchev–Trinajstić information content (AvgIpc) is 1.98. The molecule has 0 amide bonds. The van der Waals surface area contributed by atoms with Crippen LogP contribution in [0.3, 0.4) is 0 Å². The fourth-order valence-electron chi connectivity index (χ4n) is 1.57. The van der Waals surface area contributed by atoms with Gasteiger partial charge in [-0.05, 0) is 24.8 Å². The lowest BCUT2D eigenvalue weighted by atomic mass is 10.1. The average molecular weight is 250 g/mol. The van der Waals surface area contributed by atoms with E-state index in [1.807, 2.05) is 0 Å². The molecule has 0 saturated carbocycles. The van der Waals surface area contributed by atoms with Gasteiger partial charge in [-0.15, -0.1) is 0 Å². The molecule has 0 aromatic rings. The minimum absolute atomic E-state index is 0.786. The van der Waals surface area contributed by atoms with E-state index in [0.29, 0.717) is 0 Å². The van der Waals surface area contributed by atoms with Gasteiger partial charge in [-0.2, -0.15) is 0 Å². The summed E-state index contributed by atoms with van der Waals surface area (Å²) in [6, 6.07) is 0. The Morgan fingerprint density at radius 1 is 1.00 bits per heavy atom. The van der Waals surface area contributed by atoms with Crippen LogP contribution in [0.1, 0.15) is 34.1 Å². The highest BCUT2D eigenvalue weighted by Crippen LogP contribution is 2.05. The molecule has 0 radical (unpaired) electrons. The van der Waals surface area contributed by atoms with Crippen LogP contribution in [0.5, 0.6) is 0 Å². The second-order valence-electron chi connectivity index (χ2n) is 4.59. The van der Waals surface area contributed by atoms with Crippen molar-refractivity contribution in [3.05, 3.63) is 0 Å². The van der Waals surface area contributed by atoms with Crippen molar-refractivity contribution < 1.29 is 0 Å². The Labute approximate surface area is 92.0 Å². The Morgan fingerprint density at radius 3 is 1.77 bits per heavy atom. The summed E-state index contributed by atoms with van der Waals surface area (Å²) in [4.78, 5) is 2.58. The molecule has 13 heavy (non-hydrogen) atoms. The van der Waals surface area contributed by atoms with Crippen molar-refractivity contribution in [1.82, 2.24) is 4.90 Å². The SMILES string of the molecule is CC(C)CN(CCCBr)CC(C)C. The molecule has 0 rings (SSSR count). The molecule has 80 valence electrons. The molecule has 0 aromatic heterocycles. The molecular weight excluding hydrogens is 226 g/mol. The molecule has 0 aliphatic rings. The van der Waals surface area contributed by atoms with Crippen molar-refractivity contribution in [3.63, 3.8) is 0 Å². The standard InChI is InChI=1S/C11H24BrN/c1-10(2)8-13(7-5-6-12)9-11(3)4/h10-11H,5-9H2,1-4H3. The van der Waals surface area contributed by atoms with Crippen LogP contribution in [0.2, 0.25) is 0 Å². The smallest absolute Gasteiger partial charge is 0.00434 e. The van der Waals surface area contributed by atoms with Crippen molar-refractivity contribution in [2.75, 3.05) is 25.0 Å². The minimum Gasteiger partial charge on any atom is -0.303 e. The summed E-state index contributed by atoms with van der Waals surface area (Å²) in [5.74, 6) is 1.57. The van der Waals surface area contributed by atoms with E-state index in [-0.39, 0.29) is 0 Å². The van der Waals surface area contributed by atoms with E-state index in [1.54, 1.807) is 0 Å². The van der Waals surface area contributed by atoms with Gasteiger partial charge in [0.15, 0.2) is 0 Å². The minimum atomic E-state index is 0.786. The molecule has 0 aliphatic carbocycles. The topological polar surface area (TPSA) is 3.24 Å². The second kappa shape index (κ2) is 7.81. The number of halogens is 1. The lowest BCUT2D eigenvalue weighted by Gasteiger charge is -2.25. The van der Waals surface area contributed by atoms with Crippen LogP contribution in [0.4, 0.5) is 0 Å². The van der Waals surface area contributed by atoms with Crippen LogP contribution in [-0.2, 0) is 0 Å². The Kier molecular flexibility index (Phi) is 8.07. The van der Waals surface area contributed by atoms with Gasteiger partial charge in [-0.3, -0.25) is 0 Å². The number of hydrogen-bond donors (Lipinski definition) is 0. The molecule has 0 aromatic carbocycles. The molecule has 1 nitrogen and oxygen atoms in total. The molecule has 0 saturated heterocycles. The van der Waals surface area contributed by atoms with Gasteiger partial charge in [-0.1, -0.05) is 43.6 Å². The summed E-state index contributed by atoms with van der Waals surface area (Å²) in [6.07, 6.45) is 1.26. The van der Waals surface area contributed by atoms with E-state index in [1.165, 1.54) is 26.1 Å². The van der Waals surface area contributed by atoms with Crippen molar-refractivity contribution in [1.29, 1.82) is 0 Å². The van der Waals surface area contributed by atoms with E-state index in [2.05, 4.69) is 48.5 Å². The lowest BCUT2D eigenvalue weighted by molar-refractivity contribution is 0.220. The molecule has 2 heteroatoms. The van der Waals surface area contributed by atoms with Crippen molar-refractivity contribution >= 4 is 15.9 Å². The molecule has 0 atom stereocenters. The van der Waals surface area contributed by atoms with Crippen molar-refractivity contribution in [2.45, 2.75) is 34.1 Å². The third kappa shape index (κ3) is 8.76. The first kappa shape index (κ1) is 13.4. The van der Waals surface area contributed by atoms with E-state index in [4.69, 9.17) is 0 Å². The second-order valence-corrected chi connectivity index (χ2v) is 5.38. The van der Waals surface area contributed by atoms with Gasteiger partial charge in [0.05, 0.1) is 0 Å². The summed E-state index contributed by atoms with van der Waals surface area (Å²) < 4.78 is 0. The van der Waals surface area contributed by atoms with Gasteiger partial charge in [0.25, 0.3) is 0 Å².